The molecule has 0 unspecified atom stereocenters. The molecular formula is C16H15N3O. The predicted octanol–water partition coefficient (Wildman–Crippen LogP) is 2.81. The van der Waals surface area contributed by atoms with Gasteiger partial charge in [0.05, 0.1) is 7.11 Å². The maximum atomic E-state index is 5.99. The SMILES string of the molecule is COc1ccc(Cc2cc3ccncc3c(N)n2)cc1. The summed E-state index contributed by atoms with van der Waals surface area (Å²) in [4.78, 5) is 8.52. The summed E-state index contributed by atoms with van der Waals surface area (Å²) < 4.78 is 5.15. The molecule has 1 aromatic carbocycles. The minimum atomic E-state index is 0.527. The van der Waals surface area contributed by atoms with Gasteiger partial charge in [-0.3, -0.25) is 4.98 Å². The summed E-state index contributed by atoms with van der Waals surface area (Å²) in [7, 11) is 1.66. The van der Waals surface area contributed by atoms with Crippen LogP contribution < -0.4 is 10.5 Å². The first kappa shape index (κ1) is 12.4. The lowest BCUT2D eigenvalue weighted by Gasteiger charge is -2.07. The number of fused-ring (bicyclic) bond motifs is 1. The molecule has 4 heteroatoms. The summed E-state index contributed by atoms with van der Waals surface area (Å²) in [6, 6.07) is 12.0. The van der Waals surface area contributed by atoms with E-state index in [4.69, 9.17) is 10.5 Å². The number of nitrogen functional groups attached to an aromatic ring is 1. The van der Waals surface area contributed by atoms with E-state index in [1.807, 2.05) is 30.3 Å². The first-order valence-electron chi connectivity index (χ1n) is 6.38. The van der Waals surface area contributed by atoms with Gasteiger partial charge in [-0.1, -0.05) is 12.1 Å². The maximum Gasteiger partial charge on any atom is 0.133 e. The highest BCUT2D eigenvalue weighted by atomic mass is 16.5. The van der Waals surface area contributed by atoms with Crippen LogP contribution in [-0.4, -0.2) is 17.1 Å². The monoisotopic (exact) mass is 265 g/mol. The number of pyridine rings is 2. The molecule has 100 valence electrons. The largest absolute Gasteiger partial charge is 0.497 e. The molecule has 0 amide bonds. The third-order valence-electron chi connectivity index (χ3n) is 3.26. The zero-order valence-corrected chi connectivity index (χ0v) is 11.2. The lowest BCUT2D eigenvalue weighted by molar-refractivity contribution is 0.414. The van der Waals surface area contributed by atoms with Gasteiger partial charge in [0.1, 0.15) is 11.6 Å². The van der Waals surface area contributed by atoms with Crippen LogP contribution in [0.1, 0.15) is 11.3 Å². The molecule has 2 N–H and O–H groups in total. The molecule has 4 nitrogen and oxygen atoms in total. The van der Waals surface area contributed by atoms with Crippen LogP contribution >= 0.6 is 0 Å². The van der Waals surface area contributed by atoms with E-state index in [2.05, 4.69) is 16.0 Å². The molecule has 2 aromatic heterocycles. The van der Waals surface area contributed by atoms with Crippen molar-refractivity contribution in [2.75, 3.05) is 12.8 Å². The van der Waals surface area contributed by atoms with Gasteiger partial charge in [-0.25, -0.2) is 4.98 Å². The molecule has 0 aliphatic heterocycles. The normalized spacial score (nSPS) is 10.7. The van der Waals surface area contributed by atoms with E-state index in [-0.39, 0.29) is 0 Å². The van der Waals surface area contributed by atoms with Crippen molar-refractivity contribution in [3.05, 3.63) is 60.0 Å². The molecule has 0 radical (unpaired) electrons. The van der Waals surface area contributed by atoms with Crippen molar-refractivity contribution in [1.29, 1.82) is 0 Å². The summed E-state index contributed by atoms with van der Waals surface area (Å²) in [6.07, 6.45) is 4.25. The van der Waals surface area contributed by atoms with E-state index in [1.165, 1.54) is 5.56 Å². The van der Waals surface area contributed by atoms with Crippen molar-refractivity contribution in [3.63, 3.8) is 0 Å². The van der Waals surface area contributed by atoms with E-state index >= 15 is 0 Å². The van der Waals surface area contributed by atoms with Crippen molar-refractivity contribution in [3.8, 4) is 5.75 Å². The van der Waals surface area contributed by atoms with Gasteiger partial charge in [-0.15, -0.1) is 0 Å². The van der Waals surface area contributed by atoms with Crippen molar-refractivity contribution in [2.45, 2.75) is 6.42 Å². The molecule has 0 aliphatic carbocycles. The Morgan fingerprint density at radius 3 is 2.70 bits per heavy atom. The first-order valence-corrected chi connectivity index (χ1v) is 6.38. The van der Waals surface area contributed by atoms with Gasteiger partial charge in [0.2, 0.25) is 0 Å². The molecular weight excluding hydrogens is 250 g/mol. The van der Waals surface area contributed by atoms with E-state index in [9.17, 15) is 0 Å². The van der Waals surface area contributed by atoms with Crippen LogP contribution in [0.3, 0.4) is 0 Å². The second kappa shape index (κ2) is 5.17. The fraction of sp³-hybridized carbons (Fsp3) is 0.125. The Balaban J connectivity index is 1.93. The molecule has 0 spiro atoms. The smallest absolute Gasteiger partial charge is 0.133 e. The van der Waals surface area contributed by atoms with Crippen LogP contribution in [0, 0.1) is 0 Å². The first-order chi connectivity index (χ1) is 9.76. The lowest BCUT2D eigenvalue weighted by atomic mass is 10.1. The highest BCUT2D eigenvalue weighted by Gasteiger charge is 2.04. The van der Waals surface area contributed by atoms with Crippen molar-refractivity contribution in [1.82, 2.24) is 9.97 Å². The topological polar surface area (TPSA) is 61.0 Å². The second-order valence-electron chi connectivity index (χ2n) is 4.62. The number of aromatic nitrogens is 2. The highest BCUT2D eigenvalue weighted by molar-refractivity contribution is 5.90. The zero-order chi connectivity index (χ0) is 13.9. The number of ether oxygens (including phenoxy) is 1. The summed E-state index contributed by atoms with van der Waals surface area (Å²) >= 11 is 0. The number of nitrogens with zero attached hydrogens (tertiary/aromatic N) is 2. The molecule has 0 saturated carbocycles. The number of hydrogen-bond donors (Lipinski definition) is 1. The summed E-state index contributed by atoms with van der Waals surface area (Å²) in [5.41, 5.74) is 8.11. The molecule has 0 fully saturated rings. The third-order valence-corrected chi connectivity index (χ3v) is 3.26. The van der Waals surface area contributed by atoms with Crippen LogP contribution in [0.15, 0.2) is 48.8 Å². The Morgan fingerprint density at radius 1 is 1.15 bits per heavy atom. The number of nitrogens with two attached hydrogens (primary N) is 1. The van der Waals surface area contributed by atoms with Gasteiger partial charge in [0.25, 0.3) is 0 Å². The number of methoxy groups -OCH3 is 1. The Bertz CT molecular complexity index is 738. The zero-order valence-electron chi connectivity index (χ0n) is 11.2. The van der Waals surface area contributed by atoms with Crippen LogP contribution in [0.2, 0.25) is 0 Å². The minimum Gasteiger partial charge on any atom is -0.497 e. The third kappa shape index (κ3) is 2.40. The molecule has 2 heterocycles. The minimum absolute atomic E-state index is 0.527. The Kier molecular flexibility index (Phi) is 3.21. The number of hydrogen-bond acceptors (Lipinski definition) is 4. The quantitative estimate of drug-likeness (QED) is 0.791. The van der Waals surface area contributed by atoms with E-state index in [0.717, 1.165) is 28.6 Å². The molecule has 0 bridgehead atoms. The number of anilines is 1. The van der Waals surface area contributed by atoms with Crippen molar-refractivity contribution < 1.29 is 4.74 Å². The maximum absolute atomic E-state index is 5.99. The highest BCUT2D eigenvalue weighted by Crippen LogP contribution is 2.21. The Labute approximate surface area is 117 Å². The molecule has 0 atom stereocenters. The molecule has 3 rings (SSSR count). The lowest BCUT2D eigenvalue weighted by Crippen LogP contribution is -1.98. The number of rotatable bonds is 3. The van der Waals surface area contributed by atoms with Gasteiger partial charge in [-0.05, 0) is 35.2 Å². The van der Waals surface area contributed by atoms with E-state index in [0.29, 0.717) is 5.82 Å². The fourth-order valence-electron chi connectivity index (χ4n) is 2.21. The molecule has 20 heavy (non-hydrogen) atoms. The molecule has 0 aliphatic rings. The average Bonchev–Trinajstić information content (AvgIpc) is 2.48. The summed E-state index contributed by atoms with van der Waals surface area (Å²) in [6.45, 7) is 0. The van der Waals surface area contributed by atoms with Gasteiger partial charge >= 0.3 is 0 Å². The van der Waals surface area contributed by atoms with E-state index in [1.54, 1.807) is 19.5 Å². The van der Waals surface area contributed by atoms with Gasteiger partial charge in [0.15, 0.2) is 0 Å². The van der Waals surface area contributed by atoms with E-state index < -0.39 is 0 Å². The summed E-state index contributed by atoms with van der Waals surface area (Å²) in [5.74, 6) is 1.38. The number of benzene rings is 1. The van der Waals surface area contributed by atoms with Crippen LogP contribution in [-0.2, 0) is 6.42 Å². The van der Waals surface area contributed by atoms with Crippen LogP contribution in [0.4, 0.5) is 5.82 Å². The fourth-order valence-corrected chi connectivity index (χ4v) is 2.21. The molecule has 3 aromatic rings. The average molecular weight is 265 g/mol. The van der Waals surface area contributed by atoms with Crippen LogP contribution in [0.5, 0.6) is 5.75 Å². The second-order valence-corrected chi connectivity index (χ2v) is 4.62. The van der Waals surface area contributed by atoms with Crippen molar-refractivity contribution >= 4 is 16.6 Å². The van der Waals surface area contributed by atoms with Gasteiger partial charge in [-0.2, -0.15) is 0 Å². The van der Waals surface area contributed by atoms with Gasteiger partial charge in [0, 0.05) is 29.9 Å². The van der Waals surface area contributed by atoms with Crippen molar-refractivity contribution in [2.24, 2.45) is 0 Å². The van der Waals surface area contributed by atoms with Gasteiger partial charge < -0.3 is 10.5 Å². The summed E-state index contributed by atoms with van der Waals surface area (Å²) in [5, 5.41) is 1.96. The van der Waals surface area contributed by atoms with Crippen LogP contribution in [0.25, 0.3) is 10.8 Å². The molecule has 0 saturated heterocycles. The standard InChI is InChI=1S/C16H15N3O/c1-20-14-4-2-11(3-5-14)8-13-9-12-6-7-18-10-15(12)16(17)19-13/h2-7,9-10H,8H2,1H3,(H2,17,19). The Hall–Kier alpha value is -2.62. The predicted molar refractivity (Wildman–Crippen MR) is 79.8 cm³/mol. The Morgan fingerprint density at radius 2 is 1.95 bits per heavy atom.